The number of rotatable bonds is 5. The first kappa shape index (κ1) is 10.6. The van der Waals surface area contributed by atoms with Crippen molar-refractivity contribution in [2.24, 2.45) is 0 Å². The molecule has 0 fully saturated rings. The van der Waals surface area contributed by atoms with E-state index in [2.05, 4.69) is 41.6 Å². The second kappa shape index (κ2) is 5.32. The standard InChI is InChI=1S/C10H19N2S/c1-4-5-11-6-7-12(10(11)2)8-9-13-3/h6-7H,4-5,8-9H2,1-3H3/q+1. The summed E-state index contributed by atoms with van der Waals surface area (Å²) in [5.41, 5.74) is 0. The zero-order valence-corrected chi connectivity index (χ0v) is 9.60. The van der Waals surface area contributed by atoms with Crippen LogP contribution in [0, 0.1) is 6.92 Å². The molecule has 0 saturated carbocycles. The van der Waals surface area contributed by atoms with Gasteiger partial charge in [-0.2, -0.15) is 11.8 Å². The van der Waals surface area contributed by atoms with Gasteiger partial charge in [0.05, 0.1) is 13.1 Å². The van der Waals surface area contributed by atoms with Crippen molar-refractivity contribution in [2.45, 2.75) is 33.4 Å². The van der Waals surface area contributed by atoms with Gasteiger partial charge in [-0.25, -0.2) is 9.13 Å². The molecule has 0 atom stereocenters. The fourth-order valence-electron chi connectivity index (χ4n) is 1.44. The van der Waals surface area contributed by atoms with Crippen LogP contribution in [0.1, 0.15) is 19.2 Å². The summed E-state index contributed by atoms with van der Waals surface area (Å²) in [4.78, 5) is 0. The molecule has 0 aliphatic carbocycles. The van der Waals surface area contributed by atoms with E-state index in [9.17, 15) is 0 Å². The van der Waals surface area contributed by atoms with Crippen LogP contribution in [-0.2, 0) is 13.1 Å². The normalized spacial score (nSPS) is 10.7. The molecular weight excluding hydrogens is 180 g/mol. The molecule has 0 aromatic carbocycles. The number of hydrogen-bond acceptors (Lipinski definition) is 1. The van der Waals surface area contributed by atoms with Crippen molar-refractivity contribution in [3.63, 3.8) is 0 Å². The summed E-state index contributed by atoms with van der Waals surface area (Å²) in [6.45, 7) is 6.67. The Balaban J connectivity index is 2.62. The summed E-state index contributed by atoms with van der Waals surface area (Å²) in [7, 11) is 0. The molecule has 0 radical (unpaired) electrons. The molecule has 2 nitrogen and oxygen atoms in total. The second-order valence-electron chi connectivity index (χ2n) is 3.22. The first-order valence-electron chi connectivity index (χ1n) is 4.83. The van der Waals surface area contributed by atoms with E-state index in [1.165, 1.54) is 18.0 Å². The molecular formula is C10H19N2S+. The van der Waals surface area contributed by atoms with Gasteiger partial charge < -0.3 is 0 Å². The Bertz CT molecular complexity index is 255. The summed E-state index contributed by atoms with van der Waals surface area (Å²) in [5, 5.41) is 0. The van der Waals surface area contributed by atoms with Gasteiger partial charge in [-0.15, -0.1) is 0 Å². The molecule has 1 rings (SSSR count). The van der Waals surface area contributed by atoms with Crippen molar-refractivity contribution in [1.82, 2.24) is 4.57 Å². The van der Waals surface area contributed by atoms with Gasteiger partial charge >= 0.3 is 0 Å². The summed E-state index contributed by atoms with van der Waals surface area (Å²) in [6.07, 6.45) is 7.72. The van der Waals surface area contributed by atoms with Crippen molar-refractivity contribution in [1.29, 1.82) is 0 Å². The van der Waals surface area contributed by atoms with Crippen LogP contribution < -0.4 is 4.57 Å². The molecule has 13 heavy (non-hydrogen) atoms. The number of aryl methyl sites for hydroxylation is 2. The summed E-state index contributed by atoms with van der Waals surface area (Å²) in [5.74, 6) is 2.57. The monoisotopic (exact) mass is 199 g/mol. The molecule has 0 bridgehead atoms. The van der Waals surface area contributed by atoms with Crippen molar-refractivity contribution >= 4 is 11.8 Å². The Morgan fingerprint density at radius 3 is 2.92 bits per heavy atom. The zero-order valence-electron chi connectivity index (χ0n) is 8.79. The van der Waals surface area contributed by atoms with Gasteiger partial charge in [0.25, 0.3) is 5.82 Å². The lowest BCUT2D eigenvalue weighted by atomic mass is 10.4. The van der Waals surface area contributed by atoms with E-state index in [1.807, 2.05) is 11.8 Å². The van der Waals surface area contributed by atoms with E-state index >= 15 is 0 Å². The largest absolute Gasteiger partial charge is 0.253 e. The molecule has 0 unspecified atom stereocenters. The molecule has 0 amide bonds. The molecule has 1 aromatic heterocycles. The molecule has 0 spiro atoms. The van der Waals surface area contributed by atoms with E-state index in [-0.39, 0.29) is 0 Å². The summed E-state index contributed by atoms with van der Waals surface area (Å²) >= 11 is 1.90. The maximum atomic E-state index is 2.33. The average Bonchev–Trinajstić information content (AvgIpc) is 2.46. The Morgan fingerprint density at radius 1 is 1.54 bits per heavy atom. The van der Waals surface area contributed by atoms with Gasteiger partial charge in [0.15, 0.2) is 0 Å². The molecule has 3 heteroatoms. The fraction of sp³-hybridized carbons (Fsp3) is 0.700. The first-order valence-corrected chi connectivity index (χ1v) is 6.23. The van der Waals surface area contributed by atoms with Gasteiger partial charge in [-0.1, -0.05) is 6.92 Å². The number of aromatic nitrogens is 2. The lowest BCUT2D eigenvalue weighted by Gasteiger charge is -1.98. The first-order chi connectivity index (χ1) is 6.29. The van der Waals surface area contributed by atoms with Crippen LogP contribution in [0.15, 0.2) is 12.4 Å². The van der Waals surface area contributed by atoms with Crippen LogP contribution in [0.2, 0.25) is 0 Å². The smallest absolute Gasteiger partial charge is 0.235 e. The van der Waals surface area contributed by atoms with Gasteiger partial charge in [0.2, 0.25) is 0 Å². The maximum absolute atomic E-state index is 2.33. The van der Waals surface area contributed by atoms with Gasteiger partial charge in [0.1, 0.15) is 12.4 Å². The minimum Gasteiger partial charge on any atom is -0.235 e. The van der Waals surface area contributed by atoms with Gasteiger partial charge in [-0.3, -0.25) is 0 Å². The third-order valence-corrected chi connectivity index (χ3v) is 2.85. The van der Waals surface area contributed by atoms with Crippen LogP contribution >= 0.6 is 11.8 Å². The zero-order chi connectivity index (χ0) is 9.68. The van der Waals surface area contributed by atoms with Crippen molar-refractivity contribution in [2.75, 3.05) is 12.0 Å². The molecule has 74 valence electrons. The van der Waals surface area contributed by atoms with E-state index in [1.54, 1.807) is 0 Å². The maximum Gasteiger partial charge on any atom is 0.253 e. The van der Waals surface area contributed by atoms with Crippen molar-refractivity contribution in [3.05, 3.63) is 18.2 Å². The topological polar surface area (TPSA) is 8.81 Å². The highest BCUT2D eigenvalue weighted by molar-refractivity contribution is 7.98. The van der Waals surface area contributed by atoms with Gasteiger partial charge in [-0.05, 0) is 12.7 Å². The molecule has 1 heterocycles. The highest BCUT2D eigenvalue weighted by atomic mass is 32.2. The van der Waals surface area contributed by atoms with Crippen LogP contribution in [-0.4, -0.2) is 16.6 Å². The minimum atomic E-state index is 1.13. The second-order valence-corrected chi connectivity index (χ2v) is 4.21. The number of nitrogens with zero attached hydrogens (tertiary/aromatic N) is 2. The molecule has 0 saturated heterocycles. The Hall–Kier alpha value is -0.440. The predicted molar refractivity (Wildman–Crippen MR) is 58.0 cm³/mol. The van der Waals surface area contributed by atoms with Crippen LogP contribution in [0.4, 0.5) is 0 Å². The highest BCUT2D eigenvalue weighted by Gasteiger charge is 2.09. The number of imidazole rings is 1. The summed E-state index contributed by atoms with van der Waals surface area (Å²) < 4.78 is 4.65. The quantitative estimate of drug-likeness (QED) is 0.658. The third kappa shape index (κ3) is 2.76. The average molecular weight is 199 g/mol. The predicted octanol–water partition coefficient (Wildman–Crippen LogP) is 1.86. The van der Waals surface area contributed by atoms with E-state index in [0.717, 1.165) is 13.1 Å². The van der Waals surface area contributed by atoms with Crippen LogP contribution in [0.3, 0.4) is 0 Å². The van der Waals surface area contributed by atoms with Crippen molar-refractivity contribution < 1.29 is 4.57 Å². The minimum absolute atomic E-state index is 1.13. The summed E-state index contributed by atoms with van der Waals surface area (Å²) in [6, 6.07) is 0. The number of hydrogen-bond donors (Lipinski definition) is 0. The Morgan fingerprint density at radius 2 is 2.31 bits per heavy atom. The van der Waals surface area contributed by atoms with Crippen LogP contribution in [0.5, 0.6) is 0 Å². The number of thioether (sulfide) groups is 1. The molecule has 0 aliphatic rings. The third-order valence-electron chi connectivity index (χ3n) is 2.26. The van der Waals surface area contributed by atoms with E-state index in [4.69, 9.17) is 0 Å². The Kier molecular flexibility index (Phi) is 4.36. The van der Waals surface area contributed by atoms with Gasteiger partial charge in [0, 0.05) is 12.7 Å². The Labute approximate surface area is 85.0 Å². The SMILES string of the molecule is CCC[n+]1ccn(CCSC)c1C. The molecule has 0 aliphatic heterocycles. The van der Waals surface area contributed by atoms with E-state index < -0.39 is 0 Å². The lowest BCUT2D eigenvalue weighted by Crippen LogP contribution is -2.35. The molecule has 1 aromatic rings. The van der Waals surface area contributed by atoms with Crippen LogP contribution in [0.25, 0.3) is 0 Å². The molecule has 0 N–H and O–H groups in total. The van der Waals surface area contributed by atoms with E-state index in [0.29, 0.717) is 0 Å². The lowest BCUT2D eigenvalue weighted by molar-refractivity contribution is -0.702. The highest BCUT2D eigenvalue weighted by Crippen LogP contribution is 1.98. The van der Waals surface area contributed by atoms with Crippen molar-refractivity contribution in [3.8, 4) is 0 Å². The fourth-order valence-corrected chi connectivity index (χ4v) is 1.82.